The number of benzene rings is 2. The predicted octanol–water partition coefficient (Wildman–Crippen LogP) is 3.57. The number of halogens is 2. The lowest BCUT2D eigenvalue weighted by molar-refractivity contribution is -0.0219. The molecule has 0 saturated heterocycles. The number of sulfonamides is 1. The summed E-state index contributed by atoms with van der Waals surface area (Å²) in [5.74, 6) is -7.10. The fraction of sp³-hybridized carbons (Fsp3) is 0.320. The highest BCUT2D eigenvalue weighted by Gasteiger charge is 2.58. The fourth-order valence-corrected chi connectivity index (χ4v) is 5.23. The van der Waals surface area contributed by atoms with Crippen LogP contribution >= 0.6 is 0 Å². The van der Waals surface area contributed by atoms with Gasteiger partial charge < -0.3 is 0 Å². The van der Waals surface area contributed by atoms with Crippen LogP contribution in [0.1, 0.15) is 47.4 Å². The number of Topliss-reactive ketones (excluding diaryl/α,β-unsaturated/α-hetero) is 1. The lowest BCUT2D eigenvalue weighted by Crippen LogP contribution is -2.59. The van der Waals surface area contributed by atoms with E-state index in [9.17, 15) is 18.0 Å². The van der Waals surface area contributed by atoms with Crippen LogP contribution in [0.4, 0.5) is 8.78 Å². The summed E-state index contributed by atoms with van der Waals surface area (Å²) in [7, 11) is -4.15. The van der Waals surface area contributed by atoms with E-state index >= 15 is 8.78 Å². The highest BCUT2D eigenvalue weighted by Crippen LogP contribution is 2.41. The van der Waals surface area contributed by atoms with Crippen molar-refractivity contribution in [2.24, 2.45) is 0 Å². The third-order valence-electron chi connectivity index (χ3n) is 6.10. The Morgan fingerprint density at radius 1 is 1.06 bits per heavy atom. The maximum absolute atomic E-state index is 15.3. The van der Waals surface area contributed by atoms with Gasteiger partial charge >= 0.3 is 5.92 Å². The molecule has 35 heavy (non-hydrogen) atoms. The monoisotopic (exact) mass is 501 g/mol. The van der Waals surface area contributed by atoms with E-state index in [1.807, 2.05) is 41.1 Å². The Morgan fingerprint density at radius 3 is 2.34 bits per heavy atom. The maximum atomic E-state index is 15.3. The van der Waals surface area contributed by atoms with Crippen LogP contribution in [0.2, 0.25) is 0 Å². The molecule has 1 aromatic heterocycles. The third kappa shape index (κ3) is 4.81. The maximum Gasteiger partial charge on any atom is 0.327 e. The van der Waals surface area contributed by atoms with E-state index in [4.69, 9.17) is 0 Å². The fourth-order valence-electron chi connectivity index (χ4n) is 4.45. The molecule has 0 bridgehead atoms. The Labute approximate surface area is 201 Å². The number of nitrogens with one attached hydrogen (secondary N) is 1. The van der Waals surface area contributed by atoms with Crippen LogP contribution in [0.25, 0.3) is 11.1 Å². The molecule has 1 N–H and O–H groups in total. The third-order valence-corrected chi connectivity index (χ3v) is 6.78. The molecular weight excluding hydrogens is 476 g/mol. The summed E-state index contributed by atoms with van der Waals surface area (Å²) in [4.78, 5) is 30.0. The van der Waals surface area contributed by atoms with Crippen molar-refractivity contribution < 1.29 is 22.0 Å². The predicted molar refractivity (Wildman–Crippen MR) is 128 cm³/mol. The second-order valence-electron chi connectivity index (χ2n) is 9.01. The highest BCUT2D eigenvalue weighted by atomic mass is 32.2. The summed E-state index contributed by atoms with van der Waals surface area (Å²) < 4.78 is 58.0. The van der Waals surface area contributed by atoms with Crippen LogP contribution in [0.3, 0.4) is 0 Å². The summed E-state index contributed by atoms with van der Waals surface area (Å²) in [6.45, 7) is 3.44. The number of rotatable bonds is 6. The summed E-state index contributed by atoms with van der Waals surface area (Å²) in [5, 5.41) is 0. The van der Waals surface area contributed by atoms with Gasteiger partial charge in [-0.25, -0.2) is 18.1 Å². The standard InChI is InChI=1S/C25H25F2N3O4S/c1-15(2)30-14-28-21-20(24(30)32)19(22(29-35(3,33)34)25(26,27)23(21)31)13-16-8-7-11-18(12-16)17-9-5-4-6-10-17/h4-12,14-15,19,22,29H,13H2,1-3H3. The van der Waals surface area contributed by atoms with Crippen molar-refractivity contribution in [1.82, 2.24) is 14.3 Å². The molecule has 0 fully saturated rings. The van der Waals surface area contributed by atoms with Gasteiger partial charge in [0.15, 0.2) is 0 Å². The van der Waals surface area contributed by atoms with Crippen molar-refractivity contribution >= 4 is 15.8 Å². The zero-order chi connectivity index (χ0) is 25.5. The smallest absolute Gasteiger partial charge is 0.296 e. The molecule has 3 aromatic rings. The first-order valence-electron chi connectivity index (χ1n) is 11.1. The largest absolute Gasteiger partial charge is 0.327 e. The van der Waals surface area contributed by atoms with Crippen LogP contribution < -0.4 is 10.3 Å². The molecule has 0 radical (unpaired) electrons. The van der Waals surface area contributed by atoms with Crippen LogP contribution in [-0.4, -0.2) is 42.0 Å². The molecule has 0 amide bonds. The van der Waals surface area contributed by atoms with Gasteiger partial charge in [-0.3, -0.25) is 14.2 Å². The lowest BCUT2D eigenvalue weighted by Gasteiger charge is -2.37. The van der Waals surface area contributed by atoms with Gasteiger partial charge in [0.1, 0.15) is 11.7 Å². The van der Waals surface area contributed by atoms with Crippen molar-refractivity contribution in [2.45, 2.75) is 44.2 Å². The number of hydrogen-bond donors (Lipinski definition) is 1. The van der Waals surface area contributed by atoms with E-state index in [-0.39, 0.29) is 18.0 Å². The van der Waals surface area contributed by atoms with Crippen molar-refractivity contribution in [3.63, 3.8) is 0 Å². The normalized spacial score (nSPS) is 19.5. The van der Waals surface area contributed by atoms with Gasteiger partial charge in [-0.2, -0.15) is 8.78 Å². The first-order chi connectivity index (χ1) is 16.4. The van der Waals surface area contributed by atoms with E-state index < -0.39 is 44.9 Å². The Bertz CT molecular complexity index is 1440. The molecule has 0 aliphatic heterocycles. The number of aromatic nitrogens is 2. The molecular formula is C25H25F2N3O4S. The number of nitrogens with zero attached hydrogens (tertiary/aromatic N) is 2. The SMILES string of the molecule is CC(C)n1cnc2c(c1=O)C(Cc1cccc(-c3ccccc3)c1)C(NS(C)(=O)=O)C(F)(F)C2=O. The van der Waals surface area contributed by atoms with Crippen LogP contribution in [-0.2, 0) is 16.4 Å². The van der Waals surface area contributed by atoms with Gasteiger partial charge in [0.2, 0.25) is 10.0 Å². The van der Waals surface area contributed by atoms with Gasteiger partial charge in [-0.15, -0.1) is 0 Å². The minimum Gasteiger partial charge on any atom is -0.296 e. The van der Waals surface area contributed by atoms with Gasteiger partial charge in [0.25, 0.3) is 11.3 Å². The summed E-state index contributed by atoms with van der Waals surface area (Å²) in [6, 6.07) is 14.1. The first-order valence-corrected chi connectivity index (χ1v) is 12.9. The quantitative estimate of drug-likeness (QED) is 0.557. The molecule has 2 aromatic carbocycles. The van der Waals surface area contributed by atoms with Gasteiger partial charge in [-0.1, -0.05) is 54.6 Å². The van der Waals surface area contributed by atoms with E-state index in [0.717, 1.165) is 23.7 Å². The minimum absolute atomic E-state index is 0.108. The number of fused-ring (bicyclic) bond motifs is 1. The zero-order valence-corrected chi connectivity index (χ0v) is 20.2. The van der Waals surface area contributed by atoms with Crippen LogP contribution in [0.5, 0.6) is 0 Å². The molecule has 184 valence electrons. The highest BCUT2D eigenvalue weighted by molar-refractivity contribution is 7.88. The summed E-state index contributed by atoms with van der Waals surface area (Å²) in [5.41, 5.74) is 0.885. The Kier molecular flexibility index (Phi) is 6.46. The van der Waals surface area contributed by atoms with E-state index in [1.165, 1.54) is 4.57 Å². The molecule has 7 nitrogen and oxygen atoms in total. The second kappa shape index (κ2) is 9.09. The van der Waals surface area contributed by atoms with E-state index in [2.05, 4.69) is 4.98 Å². The minimum atomic E-state index is -4.15. The summed E-state index contributed by atoms with van der Waals surface area (Å²) >= 11 is 0. The van der Waals surface area contributed by atoms with Crippen LogP contribution in [0, 0.1) is 0 Å². The average Bonchev–Trinajstić information content (AvgIpc) is 2.80. The number of hydrogen-bond acceptors (Lipinski definition) is 5. The molecule has 10 heteroatoms. The van der Waals surface area contributed by atoms with Gasteiger partial charge in [0, 0.05) is 12.0 Å². The average molecular weight is 502 g/mol. The first kappa shape index (κ1) is 24.9. The molecule has 1 aliphatic rings. The topological polar surface area (TPSA) is 98.1 Å². The molecule has 0 spiro atoms. The Balaban J connectivity index is 1.90. The number of carbonyl (C=O) groups is 1. The Hall–Kier alpha value is -3.24. The van der Waals surface area contributed by atoms with Crippen LogP contribution in [0.15, 0.2) is 65.7 Å². The summed E-state index contributed by atoms with van der Waals surface area (Å²) in [6.07, 6.45) is 1.71. The number of alkyl halides is 2. The lowest BCUT2D eigenvalue weighted by atomic mass is 9.76. The zero-order valence-electron chi connectivity index (χ0n) is 19.4. The molecule has 2 unspecified atom stereocenters. The van der Waals surface area contributed by atoms with Gasteiger partial charge in [-0.05, 0) is 37.0 Å². The van der Waals surface area contributed by atoms with E-state index in [0.29, 0.717) is 5.56 Å². The van der Waals surface area contributed by atoms with Gasteiger partial charge in [0.05, 0.1) is 18.1 Å². The molecule has 1 aliphatic carbocycles. The second-order valence-corrected chi connectivity index (χ2v) is 10.8. The molecule has 2 atom stereocenters. The Morgan fingerprint density at radius 2 is 1.71 bits per heavy atom. The van der Waals surface area contributed by atoms with Crippen molar-refractivity contribution in [3.8, 4) is 11.1 Å². The van der Waals surface area contributed by atoms with Crippen molar-refractivity contribution in [3.05, 3.63) is 88.1 Å². The molecule has 0 saturated carbocycles. The molecule has 1 heterocycles. The number of ketones is 1. The number of carbonyl (C=O) groups excluding carboxylic acids is 1. The van der Waals surface area contributed by atoms with Crippen molar-refractivity contribution in [2.75, 3.05) is 6.26 Å². The van der Waals surface area contributed by atoms with E-state index in [1.54, 1.807) is 32.0 Å². The molecule has 4 rings (SSSR count). The van der Waals surface area contributed by atoms with Crippen molar-refractivity contribution in [1.29, 1.82) is 0 Å².